The first-order valence-electron chi connectivity index (χ1n) is 7.10. The van der Waals surface area contributed by atoms with Crippen LogP contribution >= 0.6 is 0 Å². The van der Waals surface area contributed by atoms with Crippen LogP contribution in [0.5, 0.6) is 0 Å². The Bertz CT molecular complexity index is 598. The molecule has 3 atom stereocenters. The molecule has 0 saturated heterocycles. The van der Waals surface area contributed by atoms with Gasteiger partial charge in [-0.15, -0.1) is 0 Å². The number of esters is 1. The van der Waals surface area contributed by atoms with E-state index in [1.807, 2.05) is 0 Å². The minimum absolute atomic E-state index is 0.134. The summed E-state index contributed by atoms with van der Waals surface area (Å²) in [7, 11) is 1.25. The van der Waals surface area contributed by atoms with Gasteiger partial charge in [0.15, 0.2) is 5.78 Å². The topological polar surface area (TPSA) is 72.5 Å². The van der Waals surface area contributed by atoms with Crippen molar-refractivity contribution in [3.8, 4) is 0 Å². The zero-order valence-electron chi connectivity index (χ0n) is 11.8. The number of hydrogen-bond donors (Lipinski definition) is 1. The molecule has 5 nitrogen and oxygen atoms in total. The molecule has 110 valence electrons. The zero-order valence-corrected chi connectivity index (χ0v) is 11.8. The Hall–Kier alpha value is -2.17. The number of fused-ring (bicyclic) bond motifs is 2. The van der Waals surface area contributed by atoms with Crippen molar-refractivity contribution in [3.63, 3.8) is 0 Å². The minimum atomic E-state index is -1.50. The maximum absolute atomic E-state index is 12.5. The largest absolute Gasteiger partial charge is 0.467 e. The Morgan fingerprint density at radius 1 is 1.24 bits per heavy atom. The maximum Gasteiger partial charge on any atom is 0.339 e. The van der Waals surface area contributed by atoms with E-state index in [1.165, 1.54) is 7.11 Å². The number of carbonyl (C=O) groups excluding carboxylic acids is 3. The number of methoxy groups -OCH3 is 1. The van der Waals surface area contributed by atoms with E-state index in [9.17, 15) is 14.4 Å². The van der Waals surface area contributed by atoms with Crippen molar-refractivity contribution >= 4 is 17.7 Å². The highest BCUT2D eigenvalue weighted by atomic mass is 16.5. The average Bonchev–Trinajstić information content (AvgIpc) is 3.10. The van der Waals surface area contributed by atoms with Crippen LogP contribution in [0.1, 0.15) is 29.6 Å². The van der Waals surface area contributed by atoms with Gasteiger partial charge in [0.25, 0.3) is 5.91 Å². The van der Waals surface area contributed by atoms with E-state index in [2.05, 4.69) is 5.32 Å². The predicted octanol–water partition coefficient (Wildman–Crippen LogP) is 1.33. The van der Waals surface area contributed by atoms with E-state index in [4.69, 9.17) is 4.74 Å². The van der Waals surface area contributed by atoms with E-state index in [1.54, 1.807) is 30.3 Å². The molecule has 0 unspecified atom stereocenters. The van der Waals surface area contributed by atoms with Gasteiger partial charge in [0.05, 0.1) is 7.11 Å². The number of hydrogen-bond acceptors (Lipinski definition) is 4. The Morgan fingerprint density at radius 3 is 2.52 bits per heavy atom. The maximum atomic E-state index is 12.5. The second kappa shape index (κ2) is 4.98. The molecule has 0 spiro atoms. The van der Waals surface area contributed by atoms with Crippen LogP contribution in [0.2, 0.25) is 0 Å². The number of Topliss-reactive ketones (excluding diaryl/α,β-unsaturated/α-hetero) is 1. The molecule has 0 aromatic heterocycles. The van der Waals surface area contributed by atoms with E-state index < -0.39 is 17.4 Å². The summed E-state index contributed by atoms with van der Waals surface area (Å²) < 4.78 is 4.82. The molecule has 0 heterocycles. The van der Waals surface area contributed by atoms with Crippen molar-refractivity contribution in [1.82, 2.24) is 5.32 Å². The lowest BCUT2D eigenvalue weighted by Crippen LogP contribution is -2.63. The molecule has 21 heavy (non-hydrogen) atoms. The lowest BCUT2D eigenvalue weighted by molar-refractivity contribution is -0.155. The quantitative estimate of drug-likeness (QED) is 0.672. The van der Waals surface area contributed by atoms with Crippen LogP contribution in [-0.2, 0) is 14.3 Å². The van der Waals surface area contributed by atoms with Gasteiger partial charge in [-0.05, 0) is 31.4 Å². The van der Waals surface area contributed by atoms with Crippen molar-refractivity contribution in [1.29, 1.82) is 0 Å². The number of ketones is 1. The van der Waals surface area contributed by atoms with E-state index >= 15 is 0 Å². The molecule has 2 aliphatic rings. The number of nitrogens with one attached hydrogen (secondary N) is 1. The molecule has 2 aliphatic carbocycles. The summed E-state index contributed by atoms with van der Waals surface area (Å²) in [5, 5.41) is 2.68. The molecular weight excluding hydrogens is 270 g/mol. The highest BCUT2D eigenvalue weighted by Crippen LogP contribution is 2.48. The summed E-state index contributed by atoms with van der Waals surface area (Å²) in [6, 6.07) is 8.58. The number of rotatable bonds is 3. The second-order valence-corrected chi connectivity index (χ2v) is 5.69. The van der Waals surface area contributed by atoms with Crippen LogP contribution in [0.3, 0.4) is 0 Å². The van der Waals surface area contributed by atoms with Gasteiger partial charge in [0, 0.05) is 17.4 Å². The van der Waals surface area contributed by atoms with Crippen LogP contribution in [0, 0.1) is 11.8 Å². The first-order chi connectivity index (χ1) is 10.1. The fourth-order valence-corrected chi connectivity index (χ4v) is 3.62. The van der Waals surface area contributed by atoms with Gasteiger partial charge in [-0.3, -0.25) is 9.59 Å². The van der Waals surface area contributed by atoms with Crippen molar-refractivity contribution in [3.05, 3.63) is 35.9 Å². The molecule has 2 bridgehead atoms. The Morgan fingerprint density at radius 2 is 1.95 bits per heavy atom. The first-order valence-corrected chi connectivity index (χ1v) is 7.10. The fraction of sp³-hybridized carbons (Fsp3) is 0.438. The van der Waals surface area contributed by atoms with Crippen LogP contribution in [0.15, 0.2) is 30.3 Å². The second-order valence-electron chi connectivity index (χ2n) is 5.69. The van der Waals surface area contributed by atoms with Crippen LogP contribution in [0.25, 0.3) is 0 Å². The summed E-state index contributed by atoms with van der Waals surface area (Å²) in [5.74, 6) is -1.55. The third-order valence-electron chi connectivity index (χ3n) is 4.66. The minimum Gasteiger partial charge on any atom is -0.467 e. The molecule has 0 radical (unpaired) electrons. The molecular formula is C16H17NO4. The van der Waals surface area contributed by atoms with Crippen LogP contribution < -0.4 is 5.32 Å². The first kappa shape index (κ1) is 13.8. The fourth-order valence-electron chi connectivity index (χ4n) is 3.62. The monoisotopic (exact) mass is 287 g/mol. The van der Waals surface area contributed by atoms with Gasteiger partial charge in [0.1, 0.15) is 0 Å². The summed E-state index contributed by atoms with van der Waals surface area (Å²) in [5.41, 5.74) is -1.07. The molecule has 0 aliphatic heterocycles. The predicted molar refractivity (Wildman–Crippen MR) is 74.5 cm³/mol. The Kier molecular flexibility index (Phi) is 3.27. The van der Waals surface area contributed by atoms with Gasteiger partial charge >= 0.3 is 5.97 Å². The standard InChI is InChI=1S/C16H17NO4/c1-21-15(20)16(12-8-7-11(9-12)13(16)18)17-14(19)10-5-3-2-4-6-10/h2-6,11-12H,7-9H2,1H3,(H,17,19)/t11-,12+,16+/m1/s1. The highest BCUT2D eigenvalue weighted by molar-refractivity contribution is 6.15. The van der Waals surface area contributed by atoms with E-state index in [0.29, 0.717) is 12.0 Å². The smallest absolute Gasteiger partial charge is 0.339 e. The zero-order chi connectivity index (χ0) is 15.0. The van der Waals surface area contributed by atoms with Gasteiger partial charge in [0.2, 0.25) is 5.54 Å². The molecule has 2 fully saturated rings. The Labute approximate surface area is 122 Å². The van der Waals surface area contributed by atoms with Crippen LogP contribution in [-0.4, -0.2) is 30.3 Å². The summed E-state index contributed by atoms with van der Waals surface area (Å²) in [6.07, 6.45) is 2.22. The number of carbonyl (C=O) groups is 3. The normalized spacial score (nSPS) is 30.2. The lowest BCUT2D eigenvalue weighted by atomic mass is 9.79. The van der Waals surface area contributed by atoms with Crippen molar-refractivity contribution in [2.45, 2.75) is 24.8 Å². The average molecular weight is 287 g/mol. The molecule has 2 saturated carbocycles. The summed E-state index contributed by atoms with van der Waals surface area (Å²) in [4.78, 5) is 37.2. The highest BCUT2D eigenvalue weighted by Gasteiger charge is 2.64. The number of ether oxygens (including phenoxy) is 1. The van der Waals surface area contributed by atoms with Gasteiger partial charge in [-0.25, -0.2) is 4.79 Å². The van der Waals surface area contributed by atoms with Crippen molar-refractivity contribution < 1.29 is 19.1 Å². The Balaban J connectivity index is 1.93. The van der Waals surface area contributed by atoms with Crippen molar-refractivity contribution in [2.24, 2.45) is 11.8 Å². The summed E-state index contributed by atoms with van der Waals surface area (Å²) in [6.45, 7) is 0. The van der Waals surface area contributed by atoms with Gasteiger partial charge in [-0.1, -0.05) is 18.2 Å². The van der Waals surface area contributed by atoms with E-state index in [0.717, 1.165) is 12.8 Å². The third kappa shape index (κ3) is 1.95. The molecule has 1 aromatic carbocycles. The molecule has 1 amide bonds. The molecule has 1 aromatic rings. The molecule has 3 rings (SSSR count). The van der Waals surface area contributed by atoms with Gasteiger partial charge in [-0.2, -0.15) is 0 Å². The lowest BCUT2D eigenvalue weighted by Gasteiger charge is -2.34. The van der Waals surface area contributed by atoms with Gasteiger partial charge < -0.3 is 10.1 Å². The SMILES string of the molecule is COC(=O)[C@@]1(NC(=O)c2ccccc2)C(=O)[C@@H]2CC[C@H]1C2. The molecule has 1 N–H and O–H groups in total. The summed E-state index contributed by atoms with van der Waals surface area (Å²) >= 11 is 0. The molecule has 5 heteroatoms. The number of benzene rings is 1. The number of amides is 1. The van der Waals surface area contributed by atoms with Crippen molar-refractivity contribution in [2.75, 3.05) is 7.11 Å². The third-order valence-corrected chi connectivity index (χ3v) is 4.66. The van der Waals surface area contributed by atoms with E-state index in [-0.39, 0.29) is 17.6 Å². The van der Waals surface area contributed by atoms with Crippen LogP contribution in [0.4, 0.5) is 0 Å².